The lowest BCUT2D eigenvalue weighted by Gasteiger charge is -2.08. The lowest BCUT2D eigenvalue weighted by molar-refractivity contribution is 0.394. The van der Waals surface area contributed by atoms with Crippen LogP contribution < -0.4 is 14.2 Å². The zero-order valence-corrected chi connectivity index (χ0v) is 16.4. The predicted molar refractivity (Wildman–Crippen MR) is 112 cm³/mol. The maximum absolute atomic E-state index is 12.5. The van der Waals surface area contributed by atoms with Gasteiger partial charge in [-0.25, -0.2) is 8.42 Å². The summed E-state index contributed by atoms with van der Waals surface area (Å²) in [5, 5.41) is 0. The molecule has 0 atom stereocenters. The van der Waals surface area contributed by atoms with Gasteiger partial charge >= 0.3 is 0 Å². The highest BCUT2D eigenvalue weighted by molar-refractivity contribution is 7.92. The Morgan fingerprint density at radius 1 is 0.750 bits per heavy atom. The third-order valence-electron chi connectivity index (χ3n) is 4.06. The molecule has 0 saturated heterocycles. The second kappa shape index (κ2) is 8.63. The van der Waals surface area contributed by atoms with E-state index in [0.717, 1.165) is 11.1 Å². The Hall–Kier alpha value is -3.25. The third kappa shape index (κ3) is 4.92. The standard InChI is InChI=1S/C22H21NO4S/c1-26-20-14-18(15-21(16-20)27-2)9-8-17-10-12-22(13-11-17)28(24,25)23-19-6-4-3-5-7-19/h3-16,23H,1-2H3/b9-8+. The number of hydrogen-bond acceptors (Lipinski definition) is 4. The van der Waals surface area contributed by atoms with Gasteiger partial charge in [-0.3, -0.25) is 4.72 Å². The van der Waals surface area contributed by atoms with Crippen molar-refractivity contribution in [1.29, 1.82) is 0 Å². The van der Waals surface area contributed by atoms with E-state index in [2.05, 4.69) is 4.72 Å². The number of benzene rings is 3. The molecule has 0 aromatic heterocycles. The molecule has 28 heavy (non-hydrogen) atoms. The Morgan fingerprint density at radius 3 is 1.89 bits per heavy atom. The van der Waals surface area contributed by atoms with Gasteiger partial charge in [-0.15, -0.1) is 0 Å². The summed E-state index contributed by atoms with van der Waals surface area (Å²) in [4.78, 5) is 0.205. The largest absolute Gasteiger partial charge is 0.497 e. The van der Waals surface area contributed by atoms with Crippen molar-refractivity contribution >= 4 is 27.9 Å². The molecular weight excluding hydrogens is 374 g/mol. The summed E-state index contributed by atoms with van der Waals surface area (Å²) in [6.45, 7) is 0. The van der Waals surface area contributed by atoms with Gasteiger partial charge in [0.15, 0.2) is 0 Å². The molecule has 0 aliphatic heterocycles. The number of ether oxygens (including phenoxy) is 2. The quantitative estimate of drug-likeness (QED) is 0.590. The van der Waals surface area contributed by atoms with Crippen LogP contribution in [0.3, 0.4) is 0 Å². The van der Waals surface area contributed by atoms with Crippen molar-refractivity contribution in [2.75, 3.05) is 18.9 Å². The number of nitrogens with one attached hydrogen (secondary N) is 1. The van der Waals surface area contributed by atoms with Crippen molar-refractivity contribution < 1.29 is 17.9 Å². The van der Waals surface area contributed by atoms with Gasteiger partial charge in [0.2, 0.25) is 0 Å². The highest BCUT2D eigenvalue weighted by Crippen LogP contribution is 2.24. The van der Waals surface area contributed by atoms with Crippen LogP contribution in [-0.2, 0) is 10.0 Å². The second-order valence-corrected chi connectivity index (χ2v) is 7.70. The highest BCUT2D eigenvalue weighted by Gasteiger charge is 2.13. The molecule has 0 aliphatic carbocycles. The minimum Gasteiger partial charge on any atom is -0.497 e. The van der Waals surface area contributed by atoms with Crippen molar-refractivity contribution in [2.24, 2.45) is 0 Å². The lowest BCUT2D eigenvalue weighted by Crippen LogP contribution is -2.12. The highest BCUT2D eigenvalue weighted by atomic mass is 32.2. The van der Waals surface area contributed by atoms with Crippen molar-refractivity contribution in [3.63, 3.8) is 0 Å². The van der Waals surface area contributed by atoms with Crippen LogP contribution in [0.2, 0.25) is 0 Å². The molecule has 3 aromatic rings. The Labute approximate surface area is 165 Å². The Bertz CT molecular complexity index is 1040. The summed E-state index contributed by atoms with van der Waals surface area (Å²) in [7, 11) is -0.418. The lowest BCUT2D eigenvalue weighted by atomic mass is 10.1. The molecule has 6 heteroatoms. The normalized spacial score (nSPS) is 11.4. The maximum Gasteiger partial charge on any atom is 0.261 e. The topological polar surface area (TPSA) is 64.6 Å². The van der Waals surface area contributed by atoms with Crippen LogP contribution in [0.4, 0.5) is 5.69 Å². The minimum absolute atomic E-state index is 0.205. The minimum atomic E-state index is -3.62. The molecule has 1 N–H and O–H groups in total. The molecule has 0 heterocycles. The van der Waals surface area contributed by atoms with E-state index < -0.39 is 10.0 Å². The van der Waals surface area contributed by atoms with Crippen molar-refractivity contribution in [1.82, 2.24) is 0 Å². The van der Waals surface area contributed by atoms with E-state index >= 15 is 0 Å². The van der Waals surface area contributed by atoms with Crippen LogP contribution in [0, 0.1) is 0 Å². The fourth-order valence-electron chi connectivity index (χ4n) is 2.60. The summed E-state index contributed by atoms with van der Waals surface area (Å²) < 4.78 is 38.0. The molecule has 0 bridgehead atoms. The summed E-state index contributed by atoms with van der Waals surface area (Å²) in [5.74, 6) is 1.40. The molecule has 0 unspecified atom stereocenters. The summed E-state index contributed by atoms with van der Waals surface area (Å²) in [6.07, 6.45) is 3.81. The smallest absolute Gasteiger partial charge is 0.261 e. The molecule has 0 aliphatic rings. The van der Waals surface area contributed by atoms with Crippen LogP contribution in [0.5, 0.6) is 11.5 Å². The summed E-state index contributed by atoms with van der Waals surface area (Å²) in [6, 6.07) is 21.1. The zero-order chi connectivity index (χ0) is 20.0. The Kier molecular flexibility index (Phi) is 6.01. The van der Waals surface area contributed by atoms with Gasteiger partial charge in [-0.05, 0) is 47.5 Å². The molecule has 0 spiro atoms. The number of anilines is 1. The Morgan fingerprint density at radius 2 is 1.32 bits per heavy atom. The second-order valence-electron chi connectivity index (χ2n) is 6.02. The van der Waals surface area contributed by atoms with E-state index in [-0.39, 0.29) is 4.90 Å². The first-order valence-electron chi connectivity index (χ1n) is 8.59. The SMILES string of the molecule is COc1cc(/C=C/c2ccc(S(=O)(=O)Nc3ccccc3)cc2)cc(OC)c1. The zero-order valence-electron chi connectivity index (χ0n) is 15.6. The molecule has 3 rings (SSSR count). The van der Waals surface area contributed by atoms with Gasteiger partial charge in [0.1, 0.15) is 11.5 Å². The number of hydrogen-bond donors (Lipinski definition) is 1. The molecule has 0 radical (unpaired) electrons. The maximum atomic E-state index is 12.5. The first kappa shape index (κ1) is 19.5. The van der Waals surface area contributed by atoms with Crippen molar-refractivity contribution in [3.8, 4) is 11.5 Å². The van der Waals surface area contributed by atoms with E-state index in [9.17, 15) is 8.42 Å². The van der Waals surface area contributed by atoms with Gasteiger partial charge < -0.3 is 9.47 Å². The van der Waals surface area contributed by atoms with Crippen molar-refractivity contribution in [2.45, 2.75) is 4.90 Å². The van der Waals surface area contributed by atoms with E-state index in [1.54, 1.807) is 68.8 Å². The summed E-state index contributed by atoms with van der Waals surface area (Å²) in [5.41, 5.74) is 2.32. The molecule has 0 amide bonds. The first-order valence-corrected chi connectivity index (χ1v) is 10.1. The van der Waals surface area contributed by atoms with E-state index in [1.807, 2.05) is 30.4 Å². The number of sulfonamides is 1. The van der Waals surface area contributed by atoms with E-state index in [4.69, 9.17) is 9.47 Å². The van der Waals surface area contributed by atoms with Gasteiger partial charge in [-0.1, -0.05) is 42.5 Å². The van der Waals surface area contributed by atoms with Crippen LogP contribution in [0.25, 0.3) is 12.2 Å². The molecule has 3 aromatic carbocycles. The summed E-state index contributed by atoms with van der Waals surface area (Å²) >= 11 is 0. The van der Waals surface area contributed by atoms with Gasteiger partial charge in [0, 0.05) is 11.8 Å². The number of para-hydroxylation sites is 1. The molecule has 5 nitrogen and oxygen atoms in total. The third-order valence-corrected chi connectivity index (χ3v) is 5.46. The average Bonchev–Trinajstić information content (AvgIpc) is 2.72. The van der Waals surface area contributed by atoms with Crippen LogP contribution in [0.1, 0.15) is 11.1 Å². The molecular formula is C22H21NO4S. The Balaban J connectivity index is 1.76. The van der Waals surface area contributed by atoms with Crippen LogP contribution in [0.15, 0.2) is 77.7 Å². The fourth-order valence-corrected chi connectivity index (χ4v) is 3.66. The van der Waals surface area contributed by atoms with Gasteiger partial charge in [0.05, 0.1) is 19.1 Å². The molecule has 0 saturated carbocycles. The van der Waals surface area contributed by atoms with Crippen molar-refractivity contribution in [3.05, 3.63) is 83.9 Å². The van der Waals surface area contributed by atoms with Crippen LogP contribution >= 0.6 is 0 Å². The first-order chi connectivity index (χ1) is 13.5. The fraction of sp³-hybridized carbons (Fsp3) is 0.0909. The predicted octanol–water partition coefficient (Wildman–Crippen LogP) is 4.68. The number of rotatable bonds is 7. The molecule has 144 valence electrons. The molecule has 0 fully saturated rings. The van der Waals surface area contributed by atoms with Crippen LogP contribution in [-0.4, -0.2) is 22.6 Å². The van der Waals surface area contributed by atoms with E-state index in [1.165, 1.54) is 0 Å². The van der Waals surface area contributed by atoms with Gasteiger partial charge in [0.25, 0.3) is 10.0 Å². The monoisotopic (exact) mass is 395 g/mol. The van der Waals surface area contributed by atoms with Gasteiger partial charge in [-0.2, -0.15) is 0 Å². The van der Waals surface area contributed by atoms with E-state index in [0.29, 0.717) is 17.2 Å². The average molecular weight is 395 g/mol. The number of methoxy groups -OCH3 is 2.